The van der Waals surface area contributed by atoms with Crippen LogP contribution in [0, 0.1) is 6.92 Å². The number of carbonyl (C=O) groups is 2. The van der Waals surface area contributed by atoms with Crippen molar-refractivity contribution in [2.24, 2.45) is 0 Å². The highest BCUT2D eigenvalue weighted by Crippen LogP contribution is 2.27. The molecule has 0 radical (unpaired) electrons. The van der Waals surface area contributed by atoms with Gasteiger partial charge in [-0.05, 0) is 19.8 Å². The summed E-state index contributed by atoms with van der Waals surface area (Å²) in [5.41, 5.74) is 1.65. The minimum atomic E-state index is -0.776. The van der Waals surface area contributed by atoms with Gasteiger partial charge in [0.15, 0.2) is 0 Å². The normalized spacial score (nSPS) is 10.5. The van der Waals surface area contributed by atoms with E-state index in [4.69, 9.17) is 5.11 Å². The summed E-state index contributed by atoms with van der Waals surface area (Å²) < 4.78 is 0. The second kappa shape index (κ2) is 8.43. The number of amides is 1. The number of carbonyl (C=O) groups excluding carboxylic acids is 1. The number of carboxylic acids is 1. The molecule has 0 aliphatic carbocycles. The molecule has 0 aliphatic heterocycles. The average Bonchev–Trinajstić information content (AvgIpc) is 2.93. The molecular weight excluding hydrogens is 312 g/mol. The standard InChI is InChI=1S/C17H20N2O3S/c1-12-19-15(13-8-4-2-5-9-13)16(23-12)17(22)18-11-7-3-6-10-14(20)21/h2,4-5,8-9H,3,6-7,10-11H2,1H3,(H,18,22)(H,20,21). The molecule has 0 saturated heterocycles. The minimum absolute atomic E-state index is 0.118. The van der Waals surface area contributed by atoms with Gasteiger partial charge >= 0.3 is 5.97 Å². The Morgan fingerprint density at radius 3 is 2.61 bits per heavy atom. The van der Waals surface area contributed by atoms with Crippen molar-refractivity contribution in [3.63, 3.8) is 0 Å². The first-order chi connectivity index (χ1) is 11.1. The van der Waals surface area contributed by atoms with Crippen molar-refractivity contribution in [2.45, 2.75) is 32.6 Å². The maximum atomic E-state index is 12.4. The molecular formula is C17H20N2O3S. The van der Waals surface area contributed by atoms with Gasteiger partial charge in [0.05, 0.1) is 10.7 Å². The Hall–Kier alpha value is -2.21. The topological polar surface area (TPSA) is 79.3 Å². The minimum Gasteiger partial charge on any atom is -0.481 e. The number of carboxylic acid groups (broad SMARTS) is 1. The van der Waals surface area contributed by atoms with E-state index < -0.39 is 5.97 Å². The van der Waals surface area contributed by atoms with Gasteiger partial charge < -0.3 is 10.4 Å². The Morgan fingerprint density at radius 2 is 1.91 bits per heavy atom. The number of aromatic nitrogens is 1. The van der Waals surface area contributed by atoms with Crippen molar-refractivity contribution < 1.29 is 14.7 Å². The number of aryl methyl sites for hydroxylation is 1. The number of hydrogen-bond donors (Lipinski definition) is 2. The highest BCUT2D eigenvalue weighted by atomic mass is 32.1. The van der Waals surface area contributed by atoms with E-state index in [2.05, 4.69) is 10.3 Å². The van der Waals surface area contributed by atoms with Crippen LogP contribution in [0.5, 0.6) is 0 Å². The zero-order valence-corrected chi connectivity index (χ0v) is 13.9. The summed E-state index contributed by atoms with van der Waals surface area (Å²) >= 11 is 1.39. The summed E-state index contributed by atoms with van der Waals surface area (Å²) in [6.45, 7) is 2.43. The highest BCUT2D eigenvalue weighted by Gasteiger charge is 2.17. The number of unbranched alkanes of at least 4 members (excludes halogenated alkanes) is 2. The molecule has 0 spiro atoms. The quantitative estimate of drug-likeness (QED) is 0.725. The van der Waals surface area contributed by atoms with Crippen LogP contribution in [-0.4, -0.2) is 28.5 Å². The van der Waals surface area contributed by atoms with Crippen LogP contribution < -0.4 is 5.32 Å². The summed E-state index contributed by atoms with van der Waals surface area (Å²) in [4.78, 5) is 27.9. The average molecular weight is 332 g/mol. The maximum absolute atomic E-state index is 12.4. The van der Waals surface area contributed by atoms with Gasteiger partial charge in [-0.1, -0.05) is 36.8 Å². The van der Waals surface area contributed by atoms with Crippen LogP contribution in [0.15, 0.2) is 30.3 Å². The van der Waals surface area contributed by atoms with Crippen LogP contribution in [0.4, 0.5) is 0 Å². The van der Waals surface area contributed by atoms with Gasteiger partial charge in [0, 0.05) is 18.5 Å². The zero-order valence-electron chi connectivity index (χ0n) is 13.0. The maximum Gasteiger partial charge on any atom is 0.303 e. The fourth-order valence-corrected chi connectivity index (χ4v) is 3.09. The molecule has 23 heavy (non-hydrogen) atoms. The van der Waals surface area contributed by atoms with Gasteiger partial charge in [-0.25, -0.2) is 4.98 Å². The van der Waals surface area contributed by atoms with Gasteiger partial charge in [0.1, 0.15) is 4.88 Å². The van der Waals surface area contributed by atoms with Crippen molar-refractivity contribution in [1.82, 2.24) is 10.3 Å². The number of hydrogen-bond acceptors (Lipinski definition) is 4. The summed E-state index contributed by atoms with van der Waals surface area (Å²) in [5, 5.41) is 12.3. The zero-order chi connectivity index (χ0) is 16.7. The molecule has 1 amide bonds. The van der Waals surface area contributed by atoms with Gasteiger partial charge in [-0.2, -0.15) is 0 Å². The second-order valence-corrected chi connectivity index (χ2v) is 6.44. The van der Waals surface area contributed by atoms with Crippen molar-refractivity contribution in [2.75, 3.05) is 6.54 Å². The number of nitrogens with zero attached hydrogens (tertiary/aromatic N) is 1. The van der Waals surface area contributed by atoms with Gasteiger partial charge in [0.25, 0.3) is 5.91 Å². The van der Waals surface area contributed by atoms with E-state index in [1.165, 1.54) is 11.3 Å². The molecule has 0 atom stereocenters. The van der Waals surface area contributed by atoms with E-state index in [9.17, 15) is 9.59 Å². The molecule has 2 N–H and O–H groups in total. The van der Waals surface area contributed by atoms with E-state index in [1.807, 2.05) is 37.3 Å². The van der Waals surface area contributed by atoms with Gasteiger partial charge in [-0.15, -0.1) is 11.3 Å². The molecule has 0 aliphatic rings. The lowest BCUT2D eigenvalue weighted by Crippen LogP contribution is -2.24. The van der Waals surface area contributed by atoms with Crippen molar-refractivity contribution in [3.8, 4) is 11.3 Å². The lowest BCUT2D eigenvalue weighted by molar-refractivity contribution is -0.137. The molecule has 0 fully saturated rings. The Kier molecular flexibility index (Phi) is 6.29. The lowest BCUT2D eigenvalue weighted by atomic mass is 10.1. The molecule has 1 aromatic carbocycles. The van der Waals surface area contributed by atoms with Gasteiger partial charge in [-0.3, -0.25) is 9.59 Å². The Labute approximate surface area is 139 Å². The monoisotopic (exact) mass is 332 g/mol. The third kappa shape index (κ3) is 5.17. The summed E-state index contributed by atoms with van der Waals surface area (Å²) in [6, 6.07) is 9.66. The van der Waals surface area contributed by atoms with E-state index in [0.29, 0.717) is 17.8 Å². The second-order valence-electron chi connectivity index (χ2n) is 5.24. The van der Waals surface area contributed by atoms with Crippen LogP contribution in [-0.2, 0) is 4.79 Å². The smallest absolute Gasteiger partial charge is 0.303 e. The van der Waals surface area contributed by atoms with Crippen LogP contribution in [0.1, 0.15) is 40.4 Å². The van der Waals surface area contributed by atoms with Crippen LogP contribution in [0.25, 0.3) is 11.3 Å². The fraction of sp³-hybridized carbons (Fsp3) is 0.353. The van der Waals surface area contributed by atoms with E-state index in [1.54, 1.807) is 0 Å². The predicted octanol–water partition coefficient (Wildman–Crippen LogP) is 3.49. The van der Waals surface area contributed by atoms with Crippen LogP contribution in [0.3, 0.4) is 0 Å². The van der Waals surface area contributed by atoms with Crippen molar-refractivity contribution in [3.05, 3.63) is 40.2 Å². The number of nitrogens with one attached hydrogen (secondary N) is 1. The number of aliphatic carboxylic acids is 1. The molecule has 5 nitrogen and oxygen atoms in total. The third-order valence-electron chi connectivity index (χ3n) is 3.34. The first-order valence-corrected chi connectivity index (χ1v) is 8.42. The van der Waals surface area contributed by atoms with E-state index in [0.717, 1.165) is 29.1 Å². The Morgan fingerprint density at radius 1 is 1.17 bits per heavy atom. The molecule has 0 unspecified atom stereocenters. The van der Waals surface area contributed by atoms with Crippen molar-refractivity contribution >= 4 is 23.2 Å². The molecule has 0 bridgehead atoms. The highest BCUT2D eigenvalue weighted by molar-refractivity contribution is 7.14. The predicted molar refractivity (Wildman–Crippen MR) is 90.7 cm³/mol. The number of rotatable bonds is 8. The molecule has 1 heterocycles. The van der Waals surface area contributed by atoms with Crippen LogP contribution in [0.2, 0.25) is 0 Å². The summed E-state index contributed by atoms with van der Waals surface area (Å²) in [7, 11) is 0. The largest absolute Gasteiger partial charge is 0.481 e. The Balaban J connectivity index is 1.91. The fourth-order valence-electron chi connectivity index (χ4n) is 2.23. The first kappa shape index (κ1) is 17.1. The van der Waals surface area contributed by atoms with E-state index >= 15 is 0 Å². The van der Waals surface area contributed by atoms with Crippen molar-refractivity contribution in [1.29, 1.82) is 0 Å². The summed E-state index contributed by atoms with van der Waals surface area (Å²) in [6.07, 6.45) is 2.39. The lowest BCUT2D eigenvalue weighted by Gasteiger charge is -2.05. The molecule has 1 aromatic heterocycles. The van der Waals surface area contributed by atoms with E-state index in [-0.39, 0.29) is 12.3 Å². The summed E-state index contributed by atoms with van der Waals surface area (Å²) in [5.74, 6) is -0.894. The number of benzene rings is 1. The van der Waals surface area contributed by atoms with Crippen LogP contribution >= 0.6 is 11.3 Å². The SMILES string of the molecule is Cc1nc(-c2ccccc2)c(C(=O)NCCCCCC(=O)O)s1. The molecule has 6 heteroatoms. The molecule has 122 valence electrons. The first-order valence-electron chi connectivity index (χ1n) is 7.61. The molecule has 0 saturated carbocycles. The Bertz CT molecular complexity index is 668. The van der Waals surface area contributed by atoms with Gasteiger partial charge in [0.2, 0.25) is 0 Å². The third-order valence-corrected chi connectivity index (χ3v) is 4.31. The molecule has 2 aromatic rings. The molecule has 2 rings (SSSR count). The number of thiazole rings is 1.